The van der Waals surface area contributed by atoms with Crippen LogP contribution in [-0.4, -0.2) is 93.1 Å². The fourth-order valence-electron chi connectivity index (χ4n) is 2.09. The molecule has 2 unspecified atom stereocenters. The molecule has 2 aliphatic rings. The molecule has 9 nitrogen and oxygen atoms in total. The molecule has 0 bridgehead atoms. The molecular formula is C10H18O9. The van der Waals surface area contributed by atoms with E-state index < -0.39 is 62.4 Å². The van der Waals surface area contributed by atoms with E-state index in [-0.39, 0.29) is 0 Å². The van der Waals surface area contributed by atoms with Crippen LogP contribution in [0.2, 0.25) is 0 Å². The van der Waals surface area contributed by atoms with E-state index in [4.69, 9.17) is 24.4 Å². The monoisotopic (exact) mass is 282 g/mol. The zero-order valence-electron chi connectivity index (χ0n) is 9.94. The zero-order valence-corrected chi connectivity index (χ0v) is 9.94. The summed E-state index contributed by atoms with van der Waals surface area (Å²) < 4.78 is 15.2. The Morgan fingerprint density at radius 2 is 1.05 bits per heavy atom. The van der Waals surface area contributed by atoms with E-state index in [1.165, 1.54) is 0 Å². The van der Waals surface area contributed by atoms with Crippen molar-refractivity contribution in [3.05, 3.63) is 0 Å². The third kappa shape index (κ3) is 2.75. The van der Waals surface area contributed by atoms with Crippen LogP contribution in [0.15, 0.2) is 0 Å². The number of aliphatic hydroxyl groups excluding tert-OH is 6. The summed E-state index contributed by atoms with van der Waals surface area (Å²) in [6.07, 6.45) is -10.1. The predicted molar refractivity (Wildman–Crippen MR) is 56.6 cm³/mol. The molecule has 0 aromatic rings. The number of aliphatic hydroxyl groups is 6. The first-order valence-corrected chi connectivity index (χ1v) is 5.90. The molecule has 8 atom stereocenters. The summed E-state index contributed by atoms with van der Waals surface area (Å²) in [5, 5.41) is 56.1. The van der Waals surface area contributed by atoms with Gasteiger partial charge in [-0.2, -0.15) is 0 Å². The molecule has 0 spiro atoms. The van der Waals surface area contributed by atoms with Crippen LogP contribution in [0.5, 0.6) is 0 Å². The summed E-state index contributed by atoms with van der Waals surface area (Å²) in [7, 11) is 0. The first-order valence-electron chi connectivity index (χ1n) is 5.90. The maximum atomic E-state index is 9.63. The second-order valence-corrected chi connectivity index (χ2v) is 4.55. The summed E-state index contributed by atoms with van der Waals surface area (Å²) in [5.74, 6) is 0. The van der Waals surface area contributed by atoms with Gasteiger partial charge in [-0.15, -0.1) is 0 Å². The van der Waals surface area contributed by atoms with Crippen LogP contribution in [0.25, 0.3) is 0 Å². The van der Waals surface area contributed by atoms with Crippen LogP contribution >= 0.6 is 0 Å². The van der Waals surface area contributed by atoms with Crippen LogP contribution in [0.3, 0.4) is 0 Å². The third-order valence-electron chi connectivity index (χ3n) is 3.27. The van der Waals surface area contributed by atoms with Gasteiger partial charge in [0.2, 0.25) is 0 Å². The van der Waals surface area contributed by atoms with E-state index in [2.05, 4.69) is 0 Å². The maximum Gasteiger partial charge on any atom is 0.189 e. The Labute approximate surface area is 108 Å². The minimum absolute atomic E-state index is 0.506. The Bertz CT molecular complexity index is 273. The molecule has 0 radical (unpaired) electrons. The van der Waals surface area contributed by atoms with E-state index in [0.29, 0.717) is 0 Å². The molecule has 112 valence electrons. The van der Waals surface area contributed by atoms with Gasteiger partial charge < -0.3 is 44.8 Å². The Morgan fingerprint density at radius 1 is 0.684 bits per heavy atom. The third-order valence-corrected chi connectivity index (χ3v) is 3.27. The van der Waals surface area contributed by atoms with Crippen molar-refractivity contribution in [1.82, 2.24) is 0 Å². The summed E-state index contributed by atoms with van der Waals surface area (Å²) in [5.41, 5.74) is 0. The first kappa shape index (κ1) is 15.0. The smallest absolute Gasteiger partial charge is 0.189 e. The number of hydrogen-bond acceptors (Lipinski definition) is 9. The largest absolute Gasteiger partial charge is 0.394 e. The van der Waals surface area contributed by atoms with E-state index in [0.717, 1.165) is 0 Å². The summed E-state index contributed by atoms with van der Waals surface area (Å²) in [4.78, 5) is 0. The van der Waals surface area contributed by atoms with Crippen molar-refractivity contribution in [1.29, 1.82) is 0 Å². The lowest BCUT2D eigenvalue weighted by Gasteiger charge is -2.22. The van der Waals surface area contributed by atoms with Gasteiger partial charge in [-0.25, -0.2) is 0 Å². The fourth-order valence-corrected chi connectivity index (χ4v) is 2.09. The average Bonchev–Trinajstić information content (AvgIpc) is 2.83. The van der Waals surface area contributed by atoms with Gasteiger partial charge in [0.1, 0.15) is 36.6 Å². The molecule has 2 aliphatic heterocycles. The van der Waals surface area contributed by atoms with E-state index >= 15 is 0 Å². The van der Waals surface area contributed by atoms with Crippen LogP contribution in [0.1, 0.15) is 0 Å². The normalized spacial score (nSPS) is 50.8. The van der Waals surface area contributed by atoms with Crippen LogP contribution in [0, 0.1) is 0 Å². The lowest BCUT2D eigenvalue weighted by Crippen LogP contribution is -2.40. The number of rotatable bonds is 4. The van der Waals surface area contributed by atoms with Crippen molar-refractivity contribution < 1.29 is 44.8 Å². The van der Waals surface area contributed by atoms with Gasteiger partial charge in [-0.3, -0.25) is 0 Å². The standard InChI is InChI=1S/C10H18O9/c11-1-3-5(13)7(15)9(17-3)19-10-8(16)6(14)4(2-12)18-10/h3-16H,1-2H2/t3-,4-,5+,6+,7-,8-,9?,10?/m1/s1. The van der Waals surface area contributed by atoms with Gasteiger partial charge in [0.15, 0.2) is 12.6 Å². The van der Waals surface area contributed by atoms with Crippen molar-refractivity contribution in [2.45, 2.75) is 49.2 Å². The number of ether oxygens (including phenoxy) is 3. The molecule has 6 N–H and O–H groups in total. The molecule has 2 rings (SSSR count). The minimum Gasteiger partial charge on any atom is -0.394 e. The van der Waals surface area contributed by atoms with Crippen molar-refractivity contribution >= 4 is 0 Å². The van der Waals surface area contributed by atoms with Crippen LogP contribution in [-0.2, 0) is 14.2 Å². The highest BCUT2D eigenvalue weighted by molar-refractivity contribution is 4.90. The van der Waals surface area contributed by atoms with E-state index in [1.54, 1.807) is 0 Å². The highest BCUT2D eigenvalue weighted by atomic mass is 16.8. The van der Waals surface area contributed by atoms with Crippen molar-refractivity contribution in [2.24, 2.45) is 0 Å². The van der Waals surface area contributed by atoms with Gasteiger partial charge in [-0.1, -0.05) is 0 Å². The quantitative estimate of drug-likeness (QED) is 0.302. The van der Waals surface area contributed by atoms with Crippen molar-refractivity contribution in [2.75, 3.05) is 13.2 Å². The molecule has 0 aromatic heterocycles. The second kappa shape index (κ2) is 5.95. The van der Waals surface area contributed by atoms with Gasteiger partial charge in [0.25, 0.3) is 0 Å². The lowest BCUT2D eigenvalue weighted by molar-refractivity contribution is -0.269. The molecule has 0 aromatic carbocycles. The molecule has 9 heteroatoms. The highest BCUT2D eigenvalue weighted by Crippen LogP contribution is 2.28. The van der Waals surface area contributed by atoms with Gasteiger partial charge in [-0.05, 0) is 0 Å². The van der Waals surface area contributed by atoms with Crippen molar-refractivity contribution in [3.8, 4) is 0 Å². The first-order chi connectivity index (χ1) is 8.99. The molecule has 0 amide bonds. The van der Waals surface area contributed by atoms with Gasteiger partial charge in [0, 0.05) is 0 Å². The lowest BCUT2D eigenvalue weighted by atomic mass is 10.1. The highest BCUT2D eigenvalue weighted by Gasteiger charge is 2.49. The Balaban J connectivity index is 1.95. The van der Waals surface area contributed by atoms with Gasteiger partial charge >= 0.3 is 0 Å². The SMILES string of the molecule is OC[C@H]1OC(OC2O[C@H](CO)[C@H](O)[C@H]2O)[C@H](O)[C@H]1O. The summed E-state index contributed by atoms with van der Waals surface area (Å²) >= 11 is 0. The second-order valence-electron chi connectivity index (χ2n) is 4.55. The molecule has 0 saturated carbocycles. The van der Waals surface area contributed by atoms with Gasteiger partial charge in [0.05, 0.1) is 13.2 Å². The Kier molecular flexibility index (Phi) is 4.71. The molecule has 2 fully saturated rings. The van der Waals surface area contributed by atoms with E-state index in [9.17, 15) is 20.4 Å². The topological polar surface area (TPSA) is 149 Å². The minimum atomic E-state index is -1.42. The number of hydrogen-bond donors (Lipinski definition) is 6. The molecule has 0 aliphatic carbocycles. The summed E-state index contributed by atoms with van der Waals surface area (Å²) in [6, 6.07) is 0. The molecule has 2 saturated heterocycles. The predicted octanol–water partition coefficient (Wildman–Crippen LogP) is -4.12. The average molecular weight is 282 g/mol. The molecule has 2 heterocycles. The molecule has 19 heavy (non-hydrogen) atoms. The Hall–Kier alpha value is -0.360. The Morgan fingerprint density at radius 3 is 1.32 bits per heavy atom. The van der Waals surface area contributed by atoms with Crippen LogP contribution in [0.4, 0.5) is 0 Å². The van der Waals surface area contributed by atoms with E-state index in [1.807, 2.05) is 0 Å². The summed E-state index contributed by atoms with van der Waals surface area (Å²) in [6.45, 7) is -1.01. The fraction of sp³-hybridized carbons (Fsp3) is 1.00. The maximum absolute atomic E-state index is 9.63. The zero-order chi connectivity index (χ0) is 14.2. The van der Waals surface area contributed by atoms with Crippen molar-refractivity contribution in [3.63, 3.8) is 0 Å². The molecular weight excluding hydrogens is 264 g/mol. The van der Waals surface area contributed by atoms with Crippen LogP contribution < -0.4 is 0 Å².